The molecule has 1 fully saturated rings. The fraction of sp³-hybridized carbons (Fsp3) is 0.909. The van der Waals surface area contributed by atoms with Crippen LogP contribution in [0, 0.1) is 5.92 Å². The van der Waals surface area contributed by atoms with Crippen LogP contribution in [0.15, 0.2) is 0 Å². The van der Waals surface area contributed by atoms with Gasteiger partial charge in [0.05, 0.1) is 0 Å². The molecule has 2 N–H and O–H groups in total. The molecule has 1 rings (SSSR count). The topological polar surface area (TPSA) is 33.3 Å². The van der Waals surface area contributed by atoms with Gasteiger partial charge in [-0.2, -0.15) is 0 Å². The summed E-state index contributed by atoms with van der Waals surface area (Å²) in [7, 11) is 1.72. The van der Waals surface area contributed by atoms with Crippen LogP contribution in [0.25, 0.3) is 0 Å². The number of hydrogen-bond acceptors (Lipinski definition) is 2. The zero-order chi connectivity index (χ0) is 10.9. The molecule has 15 heavy (non-hydrogen) atoms. The van der Waals surface area contributed by atoms with Gasteiger partial charge in [-0.15, -0.1) is 0 Å². The second-order valence-corrected chi connectivity index (χ2v) is 4.52. The minimum absolute atomic E-state index is 0.780. The van der Waals surface area contributed by atoms with Crippen molar-refractivity contribution < 1.29 is 4.74 Å². The third kappa shape index (κ3) is 7.56. The van der Waals surface area contributed by atoms with Gasteiger partial charge in [-0.25, -0.2) is 0 Å². The molecule has 88 valence electrons. The van der Waals surface area contributed by atoms with E-state index >= 15 is 0 Å². The monoisotopic (exact) mass is 230 g/mol. The lowest BCUT2D eigenvalue weighted by molar-refractivity contribution is 0.195. The number of hydrogen-bond donors (Lipinski definition) is 2. The second-order valence-electron chi connectivity index (χ2n) is 4.11. The van der Waals surface area contributed by atoms with E-state index in [1.165, 1.54) is 25.7 Å². The molecule has 1 aliphatic rings. The Bertz CT molecular complexity index is 183. The van der Waals surface area contributed by atoms with Crippen LogP contribution in [0.2, 0.25) is 0 Å². The minimum Gasteiger partial charge on any atom is -0.385 e. The summed E-state index contributed by atoms with van der Waals surface area (Å²) in [6.45, 7) is 2.69. The molecule has 0 saturated heterocycles. The summed E-state index contributed by atoms with van der Waals surface area (Å²) in [5.74, 6) is 1.02. The first-order chi connectivity index (χ1) is 7.33. The van der Waals surface area contributed by atoms with Gasteiger partial charge >= 0.3 is 0 Å². The Morgan fingerprint density at radius 2 is 1.93 bits per heavy atom. The SMILES string of the molecule is COCCCNC(=S)NCCCC1CC1. The van der Waals surface area contributed by atoms with Crippen LogP contribution in [0.3, 0.4) is 0 Å². The average Bonchev–Trinajstić information content (AvgIpc) is 3.03. The molecule has 1 aliphatic carbocycles. The van der Waals surface area contributed by atoms with Gasteiger partial charge in [0, 0.05) is 26.8 Å². The Hall–Kier alpha value is -0.350. The summed E-state index contributed by atoms with van der Waals surface area (Å²) in [5, 5.41) is 7.16. The van der Waals surface area contributed by atoms with Crippen molar-refractivity contribution >= 4 is 17.3 Å². The van der Waals surface area contributed by atoms with Crippen molar-refractivity contribution in [3.8, 4) is 0 Å². The summed E-state index contributed by atoms with van der Waals surface area (Å²) in [6.07, 6.45) is 6.49. The van der Waals surface area contributed by atoms with Gasteiger partial charge in [-0.3, -0.25) is 0 Å². The maximum absolute atomic E-state index is 5.14. The molecule has 1 saturated carbocycles. The van der Waals surface area contributed by atoms with Crippen molar-refractivity contribution in [1.82, 2.24) is 10.6 Å². The molecular weight excluding hydrogens is 208 g/mol. The smallest absolute Gasteiger partial charge is 0.166 e. The first-order valence-corrected chi connectivity index (χ1v) is 6.24. The Morgan fingerprint density at radius 3 is 2.53 bits per heavy atom. The summed E-state index contributed by atoms with van der Waals surface area (Å²) >= 11 is 5.14. The zero-order valence-electron chi connectivity index (χ0n) is 9.55. The molecule has 0 aliphatic heterocycles. The summed E-state index contributed by atoms with van der Waals surface area (Å²) < 4.78 is 4.95. The summed E-state index contributed by atoms with van der Waals surface area (Å²) in [4.78, 5) is 0. The average molecular weight is 230 g/mol. The van der Waals surface area contributed by atoms with Crippen molar-refractivity contribution in [2.24, 2.45) is 5.92 Å². The van der Waals surface area contributed by atoms with E-state index in [1.807, 2.05) is 0 Å². The van der Waals surface area contributed by atoms with Gasteiger partial charge in [0.1, 0.15) is 0 Å². The van der Waals surface area contributed by atoms with Gasteiger partial charge in [0.25, 0.3) is 0 Å². The Morgan fingerprint density at radius 1 is 1.27 bits per heavy atom. The Labute approximate surface area is 98.0 Å². The number of rotatable bonds is 8. The predicted molar refractivity (Wildman–Crippen MR) is 67.1 cm³/mol. The largest absolute Gasteiger partial charge is 0.385 e. The van der Waals surface area contributed by atoms with E-state index in [1.54, 1.807) is 7.11 Å². The lowest BCUT2D eigenvalue weighted by Gasteiger charge is -2.09. The fourth-order valence-electron chi connectivity index (χ4n) is 1.48. The molecule has 3 nitrogen and oxygen atoms in total. The number of methoxy groups -OCH3 is 1. The van der Waals surface area contributed by atoms with Gasteiger partial charge in [-0.05, 0) is 37.4 Å². The highest BCUT2D eigenvalue weighted by atomic mass is 32.1. The van der Waals surface area contributed by atoms with Crippen LogP contribution in [-0.4, -0.2) is 31.9 Å². The van der Waals surface area contributed by atoms with Crippen LogP contribution in [-0.2, 0) is 4.74 Å². The fourth-order valence-corrected chi connectivity index (χ4v) is 1.68. The highest BCUT2D eigenvalue weighted by Gasteiger charge is 2.19. The lowest BCUT2D eigenvalue weighted by atomic mass is 10.2. The quantitative estimate of drug-likeness (QED) is 0.491. The molecule has 0 atom stereocenters. The molecule has 4 heteroatoms. The van der Waals surface area contributed by atoms with Crippen molar-refractivity contribution in [3.05, 3.63) is 0 Å². The third-order valence-corrected chi connectivity index (χ3v) is 2.87. The van der Waals surface area contributed by atoms with E-state index in [-0.39, 0.29) is 0 Å². The normalized spacial score (nSPS) is 15.0. The number of ether oxygens (including phenoxy) is 1. The Balaban J connectivity index is 1.80. The molecule has 0 heterocycles. The first kappa shape index (κ1) is 12.7. The van der Waals surface area contributed by atoms with E-state index in [0.717, 1.165) is 37.1 Å². The minimum atomic E-state index is 0.780. The number of thiocarbonyl (C=S) groups is 1. The Kier molecular flexibility index (Phi) is 6.68. The zero-order valence-corrected chi connectivity index (χ0v) is 10.4. The molecule has 0 spiro atoms. The van der Waals surface area contributed by atoms with Crippen molar-refractivity contribution in [2.45, 2.75) is 32.1 Å². The molecule has 0 amide bonds. The van der Waals surface area contributed by atoms with E-state index in [4.69, 9.17) is 17.0 Å². The van der Waals surface area contributed by atoms with E-state index in [2.05, 4.69) is 10.6 Å². The maximum atomic E-state index is 5.14. The van der Waals surface area contributed by atoms with Gasteiger partial charge in [0.2, 0.25) is 0 Å². The molecule has 0 aromatic carbocycles. The van der Waals surface area contributed by atoms with Gasteiger partial charge in [-0.1, -0.05) is 12.8 Å². The second kappa shape index (κ2) is 7.88. The van der Waals surface area contributed by atoms with Crippen LogP contribution in [0.1, 0.15) is 32.1 Å². The van der Waals surface area contributed by atoms with E-state index < -0.39 is 0 Å². The molecule has 0 unspecified atom stereocenters. The molecule has 0 radical (unpaired) electrons. The van der Waals surface area contributed by atoms with Crippen LogP contribution < -0.4 is 10.6 Å². The van der Waals surface area contributed by atoms with E-state index in [9.17, 15) is 0 Å². The van der Waals surface area contributed by atoms with Crippen molar-refractivity contribution in [2.75, 3.05) is 26.8 Å². The van der Waals surface area contributed by atoms with E-state index in [0.29, 0.717) is 0 Å². The lowest BCUT2D eigenvalue weighted by Crippen LogP contribution is -2.36. The highest BCUT2D eigenvalue weighted by Crippen LogP contribution is 2.33. The van der Waals surface area contributed by atoms with Crippen LogP contribution >= 0.6 is 12.2 Å². The first-order valence-electron chi connectivity index (χ1n) is 5.83. The summed E-state index contributed by atoms with van der Waals surface area (Å²) in [5.41, 5.74) is 0. The van der Waals surface area contributed by atoms with Crippen LogP contribution in [0.4, 0.5) is 0 Å². The van der Waals surface area contributed by atoms with Crippen molar-refractivity contribution in [3.63, 3.8) is 0 Å². The molecule has 0 aromatic rings. The highest BCUT2D eigenvalue weighted by molar-refractivity contribution is 7.80. The summed E-state index contributed by atoms with van der Waals surface area (Å²) in [6, 6.07) is 0. The standard InChI is InChI=1S/C11H22N2OS/c1-14-9-3-8-13-11(15)12-7-2-4-10-5-6-10/h10H,2-9H2,1H3,(H2,12,13,15). The molecular formula is C11H22N2OS. The number of nitrogens with one attached hydrogen (secondary N) is 2. The molecule has 0 bridgehead atoms. The van der Waals surface area contributed by atoms with Gasteiger partial charge in [0.15, 0.2) is 5.11 Å². The maximum Gasteiger partial charge on any atom is 0.166 e. The predicted octanol–water partition coefficient (Wildman–Crippen LogP) is 1.68. The van der Waals surface area contributed by atoms with Crippen LogP contribution in [0.5, 0.6) is 0 Å². The van der Waals surface area contributed by atoms with Crippen molar-refractivity contribution in [1.29, 1.82) is 0 Å². The molecule has 0 aromatic heterocycles. The third-order valence-electron chi connectivity index (χ3n) is 2.58. The van der Waals surface area contributed by atoms with Gasteiger partial charge < -0.3 is 15.4 Å².